The fourth-order valence-electron chi connectivity index (χ4n) is 4.45. The molecule has 2 heterocycles. The molecule has 0 saturated carbocycles. The first kappa shape index (κ1) is 23.9. The zero-order valence-corrected chi connectivity index (χ0v) is 21.0. The zero-order chi connectivity index (χ0) is 25.6. The Labute approximate surface area is 212 Å². The van der Waals surface area contributed by atoms with Crippen LogP contribution in [0.25, 0.3) is 16.0 Å². The Morgan fingerprint density at radius 1 is 1.06 bits per heavy atom. The normalized spacial score (nSPS) is 17.5. The predicted molar refractivity (Wildman–Crippen MR) is 141 cm³/mol. The van der Waals surface area contributed by atoms with Crippen molar-refractivity contribution in [1.29, 1.82) is 0 Å². The summed E-state index contributed by atoms with van der Waals surface area (Å²) in [7, 11) is 0. The van der Waals surface area contributed by atoms with E-state index in [1.165, 1.54) is 40.5 Å². The largest absolute Gasteiger partial charge is 0.507 e. The van der Waals surface area contributed by atoms with Crippen LogP contribution in [0.4, 0.5) is 9.52 Å². The molecule has 1 amide bonds. The Kier molecular flexibility index (Phi) is 6.18. The molecule has 0 unspecified atom stereocenters. The number of ketones is 1. The molecule has 0 bridgehead atoms. The maximum atomic E-state index is 13.5. The highest BCUT2D eigenvalue weighted by Gasteiger charge is 2.48. The number of fused-ring (bicyclic) bond motifs is 1. The van der Waals surface area contributed by atoms with E-state index in [9.17, 15) is 19.1 Å². The molecule has 0 radical (unpaired) electrons. The summed E-state index contributed by atoms with van der Waals surface area (Å²) in [6.45, 7) is 6.24. The molecule has 1 aliphatic heterocycles. The van der Waals surface area contributed by atoms with Crippen molar-refractivity contribution in [1.82, 2.24) is 4.98 Å². The number of halogens is 1. The van der Waals surface area contributed by atoms with Gasteiger partial charge in [-0.1, -0.05) is 62.4 Å². The summed E-state index contributed by atoms with van der Waals surface area (Å²) < 4.78 is 14.4. The van der Waals surface area contributed by atoms with Crippen molar-refractivity contribution in [2.45, 2.75) is 39.2 Å². The molecule has 5 nitrogen and oxygen atoms in total. The van der Waals surface area contributed by atoms with Crippen molar-refractivity contribution in [3.05, 3.63) is 100 Å². The fourth-order valence-corrected chi connectivity index (χ4v) is 5.51. The maximum absolute atomic E-state index is 13.5. The van der Waals surface area contributed by atoms with E-state index in [0.29, 0.717) is 16.6 Å². The highest BCUT2D eigenvalue weighted by Crippen LogP contribution is 2.44. The van der Waals surface area contributed by atoms with Crippen molar-refractivity contribution >= 4 is 44.1 Å². The molecule has 3 aromatic carbocycles. The van der Waals surface area contributed by atoms with Crippen molar-refractivity contribution in [3.8, 4) is 0 Å². The number of aliphatic hydroxyl groups excluding tert-OH is 1. The number of aryl methyl sites for hydroxylation is 1. The third-order valence-electron chi connectivity index (χ3n) is 6.54. The van der Waals surface area contributed by atoms with Gasteiger partial charge in [-0.15, -0.1) is 0 Å². The molecule has 1 aliphatic rings. The van der Waals surface area contributed by atoms with Crippen LogP contribution in [0.3, 0.4) is 0 Å². The third-order valence-corrected chi connectivity index (χ3v) is 7.55. The molecule has 1 atom stereocenters. The van der Waals surface area contributed by atoms with Gasteiger partial charge in [0.25, 0.3) is 5.78 Å². The van der Waals surface area contributed by atoms with Crippen molar-refractivity contribution in [2.75, 3.05) is 4.90 Å². The summed E-state index contributed by atoms with van der Waals surface area (Å²) in [5.41, 5.74) is 3.89. The number of anilines is 1. The van der Waals surface area contributed by atoms with Gasteiger partial charge in [-0.05, 0) is 65.4 Å². The summed E-state index contributed by atoms with van der Waals surface area (Å²) in [5.74, 6) is -2.06. The Bertz CT molecular complexity index is 1500. The molecule has 0 spiro atoms. The van der Waals surface area contributed by atoms with Gasteiger partial charge in [0.2, 0.25) is 0 Å². The van der Waals surface area contributed by atoms with Crippen LogP contribution >= 0.6 is 11.3 Å². The third kappa shape index (κ3) is 4.09. The van der Waals surface area contributed by atoms with Crippen LogP contribution in [0.1, 0.15) is 55.0 Å². The Balaban J connectivity index is 1.70. The first-order valence-electron chi connectivity index (χ1n) is 11.8. The van der Waals surface area contributed by atoms with E-state index in [0.717, 1.165) is 27.8 Å². The minimum Gasteiger partial charge on any atom is -0.507 e. The number of Topliss-reactive ketones (excluding diaryl/α,β-unsaturated/α-hetero) is 1. The van der Waals surface area contributed by atoms with Crippen LogP contribution in [0.2, 0.25) is 0 Å². The topological polar surface area (TPSA) is 70.5 Å². The van der Waals surface area contributed by atoms with Gasteiger partial charge in [-0.3, -0.25) is 14.5 Å². The lowest BCUT2D eigenvalue weighted by Crippen LogP contribution is -2.29. The number of hydrogen-bond acceptors (Lipinski definition) is 5. The van der Waals surface area contributed by atoms with Crippen LogP contribution in [0.15, 0.2) is 72.3 Å². The molecule has 0 aliphatic carbocycles. The molecule has 1 fully saturated rings. The highest BCUT2D eigenvalue weighted by molar-refractivity contribution is 7.22. The molecule has 1 N–H and O–H groups in total. The van der Waals surface area contributed by atoms with Gasteiger partial charge in [0.05, 0.1) is 21.8 Å². The number of amides is 1. The second-order valence-electron chi connectivity index (χ2n) is 9.15. The number of hydrogen-bond donors (Lipinski definition) is 1. The van der Waals surface area contributed by atoms with Crippen molar-refractivity contribution in [3.63, 3.8) is 0 Å². The molecular weight excluding hydrogens is 475 g/mol. The average molecular weight is 501 g/mol. The van der Waals surface area contributed by atoms with Crippen LogP contribution in [0, 0.1) is 5.82 Å². The van der Waals surface area contributed by atoms with E-state index in [1.807, 2.05) is 42.5 Å². The van der Waals surface area contributed by atoms with Gasteiger partial charge in [-0.25, -0.2) is 9.37 Å². The first-order valence-corrected chi connectivity index (χ1v) is 12.7. The number of thiazole rings is 1. The van der Waals surface area contributed by atoms with E-state index in [-0.39, 0.29) is 16.9 Å². The molecular formula is C29H25FN2O3S. The lowest BCUT2D eigenvalue weighted by molar-refractivity contribution is -0.132. The van der Waals surface area contributed by atoms with Gasteiger partial charge < -0.3 is 5.11 Å². The van der Waals surface area contributed by atoms with Gasteiger partial charge in [0, 0.05) is 5.56 Å². The monoisotopic (exact) mass is 500 g/mol. The Morgan fingerprint density at radius 3 is 2.39 bits per heavy atom. The molecule has 36 heavy (non-hydrogen) atoms. The van der Waals surface area contributed by atoms with E-state index < -0.39 is 23.5 Å². The fraction of sp³-hybridized carbons (Fsp3) is 0.207. The molecule has 4 aromatic rings. The number of aromatic nitrogens is 1. The number of carbonyl (C=O) groups is 2. The van der Waals surface area contributed by atoms with Gasteiger partial charge >= 0.3 is 5.91 Å². The lowest BCUT2D eigenvalue weighted by atomic mass is 9.93. The quantitative estimate of drug-likeness (QED) is 0.187. The lowest BCUT2D eigenvalue weighted by Gasteiger charge is -2.23. The van der Waals surface area contributed by atoms with E-state index in [1.54, 1.807) is 0 Å². The van der Waals surface area contributed by atoms with Crippen molar-refractivity contribution < 1.29 is 19.1 Å². The molecule has 7 heteroatoms. The number of benzene rings is 3. The Morgan fingerprint density at radius 2 is 1.75 bits per heavy atom. The van der Waals surface area contributed by atoms with Gasteiger partial charge in [-0.2, -0.15) is 0 Å². The summed E-state index contributed by atoms with van der Waals surface area (Å²) in [6, 6.07) is 17.9. The maximum Gasteiger partial charge on any atom is 0.301 e. The highest BCUT2D eigenvalue weighted by atomic mass is 32.1. The SMILES string of the molecule is CCc1ccc2nc(N3C(=O)C(=O)C(=C(O)c4ccc(F)cc4)[C@H]3c3ccc(C(C)C)cc3)sc2c1. The molecule has 1 aromatic heterocycles. The predicted octanol–water partition coefficient (Wildman–Crippen LogP) is 6.75. The van der Waals surface area contributed by atoms with E-state index in [4.69, 9.17) is 0 Å². The van der Waals surface area contributed by atoms with E-state index in [2.05, 4.69) is 25.8 Å². The minimum atomic E-state index is -0.873. The Hall–Kier alpha value is -3.84. The number of carbonyl (C=O) groups excluding carboxylic acids is 2. The van der Waals surface area contributed by atoms with Crippen LogP contribution < -0.4 is 4.90 Å². The minimum absolute atomic E-state index is 0.0441. The summed E-state index contributed by atoms with van der Waals surface area (Å²) in [6.07, 6.45) is 0.869. The smallest absolute Gasteiger partial charge is 0.301 e. The number of aliphatic hydroxyl groups is 1. The van der Waals surface area contributed by atoms with Gasteiger partial charge in [0.1, 0.15) is 11.6 Å². The molecule has 1 saturated heterocycles. The number of nitrogens with zero attached hydrogens (tertiary/aromatic N) is 2. The van der Waals surface area contributed by atoms with E-state index >= 15 is 0 Å². The number of rotatable bonds is 5. The average Bonchev–Trinajstić information content (AvgIpc) is 3.41. The molecule has 182 valence electrons. The first-order chi connectivity index (χ1) is 17.3. The van der Waals surface area contributed by atoms with Crippen molar-refractivity contribution in [2.24, 2.45) is 0 Å². The van der Waals surface area contributed by atoms with Gasteiger partial charge in [0.15, 0.2) is 5.13 Å². The summed E-state index contributed by atoms with van der Waals surface area (Å²) in [5, 5.41) is 11.6. The second-order valence-corrected chi connectivity index (χ2v) is 10.2. The summed E-state index contributed by atoms with van der Waals surface area (Å²) >= 11 is 1.34. The van der Waals surface area contributed by atoms with Crippen LogP contribution in [-0.4, -0.2) is 21.8 Å². The second kappa shape index (κ2) is 9.32. The van der Waals surface area contributed by atoms with Crippen LogP contribution in [0.5, 0.6) is 0 Å². The summed E-state index contributed by atoms with van der Waals surface area (Å²) in [4.78, 5) is 32.8. The molecule has 5 rings (SSSR count). The van der Waals surface area contributed by atoms with Crippen LogP contribution in [-0.2, 0) is 16.0 Å². The standard InChI is InChI=1S/C29H25FN2O3S/c1-4-17-5-14-22-23(15-17)36-29(31-22)32-25(19-8-6-18(7-9-19)16(2)3)24(27(34)28(32)35)26(33)20-10-12-21(30)13-11-20/h5-16,25,33H,4H2,1-3H3/t25-/m1/s1. The zero-order valence-electron chi connectivity index (χ0n) is 20.2.